The Balaban J connectivity index is 5.03. The van der Waals surface area contributed by atoms with Gasteiger partial charge in [-0.25, -0.2) is 0 Å². The van der Waals surface area contributed by atoms with Gasteiger partial charge in [-0.2, -0.15) is 34.8 Å². The Kier molecular flexibility index (Phi) is 4.86. The minimum absolute atomic E-state index is 0.676. The lowest BCUT2D eigenvalue weighted by atomic mass is 10.1. The van der Waals surface area contributed by atoms with Gasteiger partial charge >= 0.3 is 21.8 Å². The smallest absolute Gasteiger partial charge is 0.250 e. The summed E-state index contributed by atoms with van der Waals surface area (Å²) in [6, 6.07) is 0. The van der Waals surface area contributed by atoms with Crippen molar-refractivity contribution in [3.05, 3.63) is 0 Å². The molecule has 1 atom stereocenters. The van der Waals surface area contributed by atoms with E-state index in [0.29, 0.717) is 0 Å². The van der Waals surface area contributed by atoms with Crippen molar-refractivity contribution in [3.8, 4) is 0 Å². The van der Waals surface area contributed by atoms with E-state index in [0.717, 1.165) is 0 Å². The van der Waals surface area contributed by atoms with Crippen LogP contribution in [0.15, 0.2) is 0 Å². The molecule has 0 saturated carbocycles. The SMILES string of the molecule is CC(C)CC(OS(=O)(=O)C(F)(F)F)C(F)(F)F. The maximum atomic E-state index is 12.2. The zero-order valence-electron chi connectivity index (χ0n) is 8.76. The van der Waals surface area contributed by atoms with Crippen molar-refractivity contribution >= 4 is 10.1 Å². The molecular weight excluding hydrogens is 278 g/mol. The molecule has 0 aromatic carbocycles. The van der Waals surface area contributed by atoms with Crippen molar-refractivity contribution in [1.82, 2.24) is 0 Å². The van der Waals surface area contributed by atoms with Gasteiger partial charge in [0.05, 0.1) is 0 Å². The quantitative estimate of drug-likeness (QED) is 0.454. The van der Waals surface area contributed by atoms with Crippen LogP contribution in [0.2, 0.25) is 0 Å². The van der Waals surface area contributed by atoms with Crippen molar-refractivity contribution in [2.45, 2.75) is 38.1 Å². The van der Waals surface area contributed by atoms with Gasteiger partial charge in [0.15, 0.2) is 6.10 Å². The molecule has 104 valence electrons. The molecule has 0 aromatic rings. The number of hydrogen-bond acceptors (Lipinski definition) is 3. The highest BCUT2D eigenvalue weighted by Gasteiger charge is 2.53. The Hall–Kier alpha value is -0.510. The van der Waals surface area contributed by atoms with Gasteiger partial charge in [-0.05, 0) is 12.3 Å². The second-order valence-electron chi connectivity index (χ2n) is 3.66. The normalized spacial score (nSPS) is 16.3. The monoisotopic (exact) mass is 288 g/mol. The van der Waals surface area contributed by atoms with Crippen LogP contribution in [0.4, 0.5) is 26.3 Å². The molecule has 1 unspecified atom stereocenters. The van der Waals surface area contributed by atoms with Crippen LogP contribution in [0.1, 0.15) is 20.3 Å². The van der Waals surface area contributed by atoms with Gasteiger partial charge in [-0.15, -0.1) is 0 Å². The Morgan fingerprint density at radius 2 is 1.47 bits per heavy atom. The van der Waals surface area contributed by atoms with E-state index in [1.165, 1.54) is 13.8 Å². The first kappa shape index (κ1) is 16.5. The summed E-state index contributed by atoms with van der Waals surface area (Å²) in [5.74, 6) is -0.676. The molecule has 0 fully saturated rings. The molecule has 3 nitrogen and oxygen atoms in total. The lowest BCUT2D eigenvalue weighted by molar-refractivity contribution is -0.201. The van der Waals surface area contributed by atoms with Gasteiger partial charge < -0.3 is 0 Å². The second kappa shape index (κ2) is 5.01. The molecule has 0 aliphatic carbocycles. The minimum atomic E-state index is -6.25. The van der Waals surface area contributed by atoms with Crippen LogP contribution in [-0.2, 0) is 14.3 Å². The maximum absolute atomic E-state index is 12.2. The second-order valence-corrected chi connectivity index (χ2v) is 5.22. The molecule has 0 bridgehead atoms. The van der Waals surface area contributed by atoms with Gasteiger partial charge in [0.2, 0.25) is 0 Å². The van der Waals surface area contributed by atoms with Gasteiger partial charge in [-0.3, -0.25) is 4.18 Å². The number of alkyl halides is 6. The first-order valence-corrected chi connectivity index (χ1v) is 5.74. The third-order valence-corrected chi connectivity index (χ3v) is 2.63. The summed E-state index contributed by atoms with van der Waals surface area (Å²) in [5.41, 5.74) is -5.87. The predicted octanol–water partition coefficient (Wildman–Crippen LogP) is 2.83. The average Bonchev–Trinajstić information content (AvgIpc) is 1.97. The van der Waals surface area contributed by atoms with Gasteiger partial charge in [0.25, 0.3) is 0 Å². The molecule has 0 saturated heterocycles. The van der Waals surface area contributed by atoms with E-state index >= 15 is 0 Å². The summed E-state index contributed by atoms with van der Waals surface area (Å²) in [6.07, 6.45) is -9.05. The highest BCUT2D eigenvalue weighted by atomic mass is 32.2. The van der Waals surface area contributed by atoms with Gasteiger partial charge in [0, 0.05) is 0 Å². The largest absolute Gasteiger partial charge is 0.523 e. The topological polar surface area (TPSA) is 43.4 Å². The average molecular weight is 288 g/mol. The maximum Gasteiger partial charge on any atom is 0.523 e. The zero-order valence-corrected chi connectivity index (χ0v) is 9.58. The molecule has 0 aliphatic rings. The lowest BCUT2D eigenvalue weighted by Gasteiger charge is -2.22. The first-order valence-electron chi connectivity index (χ1n) is 4.33. The number of halogens is 6. The van der Waals surface area contributed by atoms with Crippen LogP contribution in [0.5, 0.6) is 0 Å². The number of hydrogen-bond donors (Lipinski definition) is 0. The molecule has 0 aromatic heterocycles. The molecule has 0 radical (unpaired) electrons. The summed E-state index contributed by atoms with van der Waals surface area (Å²) < 4.78 is 96.3. The van der Waals surface area contributed by atoms with Gasteiger partial charge in [0.1, 0.15) is 0 Å². The van der Waals surface area contributed by atoms with Crippen molar-refractivity contribution < 1.29 is 38.9 Å². The van der Waals surface area contributed by atoms with Crippen LogP contribution >= 0.6 is 0 Å². The minimum Gasteiger partial charge on any atom is -0.250 e. The van der Waals surface area contributed by atoms with Crippen molar-refractivity contribution in [2.24, 2.45) is 5.92 Å². The standard InChI is InChI=1S/C7H10F6O3S/c1-4(2)3-5(6(8,9)10)16-17(14,15)7(11,12)13/h4-5H,3H2,1-2H3. The summed E-state index contributed by atoms with van der Waals surface area (Å²) in [6.45, 7) is 2.59. The lowest BCUT2D eigenvalue weighted by Crippen LogP contribution is -2.39. The molecule has 0 N–H and O–H groups in total. The Labute approximate surface area is 93.9 Å². The van der Waals surface area contributed by atoms with E-state index in [2.05, 4.69) is 4.18 Å². The van der Waals surface area contributed by atoms with E-state index in [1.807, 2.05) is 0 Å². The molecule has 0 aliphatic heterocycles. The predicted molar refractivity (Wildman–Crippen MR) is 45.4 cm³/mol. The highest BCUT2D eigenvalue weighted by Crippen LogP contribution is 2.33. The summed E-state index contributed by atoms with van der Waals surface area (Å²) >= 11 is 0. The van der Waals surface area contributed by atoms with E-state index < -0.39 is 40.2 Å². The first-order chi connectivity index (χ1) is 7.27. The summed E-state index contributed by atoms with van der Waals surface area (Å²) in [7, 11) is -6.25. The van der Waals surface area contributed by atoms with Gasteiger partial charge in [-0.1, -0.05) is 13.8 Å². The fourth-order valence-electron chi connectivity index (χ4n) is 0.863. The van der Waals surface area contributed by atoms with E-state index in [1.54, 1.807) is 0 Å². The summed E-state index contributed by atoms with van der Waals surface area (Å²) in [4.78, 5) is 0. The molecule has 17 heavy (non-hydrogen) atoms. The zero-order chi connectivity index (χ0) is 14.1. The Morgan fingerprint density at radius 3 is 1.71 bits per heavy atom. The Bertz CT molecular complexity index is 342. The van der Waals surface area contributed by atoms with Crippen molar-refractivity contribution in [1.29, 1.82) is 0 Å². The van der Waals surface area contributed by atoms with Crippen molar-refractivity contribution in [2.75, 3.05) is 0 Å². The van der Waals surface area contributed by atoms with E-state index in [9.17, 15) is 34.8 Å². The van der Waals surface area contributed by atoms with E-state index in [-0.39, 0.29) is 0 Å². The molecule has 0 spiro atoms. The molecule has 0 rings (SSSR count). The Morgan fingerprint density at radius 1 is 1.06 bits per heavy atom. The molecular formula is C7H10F6O3S. The molecule has 10 heteroatoms. The van der Waals surface area contributed by atoms with Crippen molar-refractivity contribution in [3.63, 3.8) is 0 Å². The molecule has 0 amide bonds. The number of rotatable bonds is 4. The third-order valence-electron chi connectivity index (χ3n) is 1.58. The fraction of sp³-hybridized carbons (Fsp3) is 1.00. The summed E-state index contributed by atoms with van der Waals surface area (Å²) in [5, 5.41) is 0. The van der Waals surface area contributed by atoms with Crippen LogP contribution < -0.4 is 0 Å². The highest BCUT2D eigenvalue weighted by molar-refractivity contribution is 7.87. The third kappa shape index (κ3) is 5.11. The van der Waals surface area contributed by atoms with Crippen LogP contribution in [0.3, 0.4) is 0 Å². The molecule has 0 heterocycles. The van der Waals surface area contributed by atoms with Crippen LogP contribution in [0, 0.1) is 5.92 Å². The fourth-order valence-corrected chi connectivity index (χ4v) is 1.47. The van der Waals surface area contributed by atoms with E-state index in [4.69, 9.17) is 0 Å². The van der Waals surface area contributed by atoms with Crippen LogP contribution in [0.25, 0.3) is 0 Å². The van der Waals surface area contributed by atoms with Crippen LogP contribution in [-0.4, -0.2) is 26.2 Å².